The number of hydrogen-bond donors (Lipinski definition) is 1. The van der Waals surface area contributed by atoms with Crippen molar-refractivity contribution in [2.24, 2.45) is 0 Å². The van der Waals surface area contributed by atoms with Gasteiger partial charge in [-0.25, -0.2) is 8.42 Å². The fourth-order valence-electron chi connectivity index (χ4n) is 3.82. The van der Waals surface area contributed by atoms with Crippen molar-refractivity contribution in [3.05, 3.63) is 47.3 Å². The highest BCUT2D eigenvalue weighted by atomic mass is 32.2. The molecule has 0 radical (unpaired) electrons. The minimum atomic E-state index is -3.63. The van der Waals surface area contributed by atoms with E-state index in [-0.39, 0.29) is 22.8 Å². The predicted molar refractivity (Wildman–Crippen MR) is 95.0 cm³/mol. The summed E-state index contributed by atoms with van der Waals surface area (Å²) in [7, 11) is -3.63. The third kappa shape index (κ3) is 2.33. The zero-order valence-electron chi connectivity index (χ0n) is 14.5. The Hall–Kier alpha value is -2.12. The molecule has 0 bridgehead atoms. The third-order valence-electron chi connectivity index (χ3n) is 5.38. The molecule has 25 heavy (non-hydrogen) atoms. The molecule has 2 aromatic rings. The van der Waals surface area contributed by atoms with Crippen molar-refractivity contribution in [2.75, 3.05) is 11.9 Å². The molecule has 0 spiro atoms. The van der Waals surface area contributed by atoms with Crippen molar-refractivity contribution in [3.63, 3.8) is 0 Å². The first-order chi connectivity index (χ1) is 11.8. The number of nitrogens with zero attached hydrogens (tertiary/aromatic N) is 2. The van der Waals surface area contributed by atoms with Gasteiger partial charge in [-0.15, -0.1) is 0 Å². The molecule has 0 aliphatic carbocycles. The molecule has 0 saturated carbocycles. The number of hydrogen-bond acceptors (Lipinski definition) is 3. The summed E-state index contributed by atoms with van der Waals surface area (Å²) in [6.07, 6.45) is 0. The minimum Gasteiger partial charge on any atom is -0.346 e. The second-order valence-electron chi connectivity index (χ2n) is 6.80. The lowest BCUT2D eigenvalue weighted by molar-refractivity contribution is -0.116. The standard InChI is InChI=1S/C18H21N3O3S/c1-11-4-7-17-13(3)21(9-8-20(11)17)25(23,24)14-5-6-16-15(10-14)12(2)18(22)19-16/h4-7,10,12-13H,8-9H2,1-3H3,(H,19,22)/t12-,13+/m0/s1. The molecule has 1 aromatic heterocycles. The number of amides is 1. The second-order valence-corrected chi connectivity index (χ2v) is 8.69. The number of aromatic nitrogens is 1. The van der Waals surface area contributed by atoms with Crippen LogP contribution in [0.25, 0.3) is 0 Å². The van der Waals surface area contributed by atoms with E-state index < -0.39 is 10.0 Å². The summed E-state index contributed by atoms with van der Waals surface area (Å²) in [4.78, 5) is 12.1. The van der Waals surface area contributed by atoms with Crippen LogP contribution in [-0.4, -0.2) is 29.7 Å². The van der Waals surface area contributed by atoms with E-state index in [4.69, 9.17) is 0 Å². The van der Waals surface area contributed by atoms with E-state index >= 15 is 0 Å². The van der Waals surface area contributed by atoms with Gasteiger partial charge in [0.25, 0.3) is 0 Å². The highest BCUT2D eigenvalue weighted by Crippen LogP contribution is 2.37. The first-order valence-electron chi connectivity index (χ1n) is 8.43. The zero-order chi connectivity index (χ0) is 17.9. The molecule has 132 valence electrons. The summed E-state index contributed by atoms with van der Waals surface area (Å²) in [6, 6.07) is 8.70. The van der Waals surface area contributed by atoms with Gasteiger partial charge in [-0.05, 0) is 56.7 Å². The first-order valence-corrected chi connectivity index (χ1v) is 9.87. The quantitative estimate of drug-likeness (QED) is 0.896. The fraction of sp³-hybridized carbons (Fsp3) is 0.389. The molecule has 1 N–H and O–H groups in total. The summed E-state index contributed by atoms with van der Waals surface area (Å²) in [5.74, 6) is -0.423. The van der Waals surface area contributed by atoms with Gasteiger partial charge in [0.1, 0.15) is 0 Å². The second kappa shape index (κ2) is 5.44. The van der Waals surface area contributed by atoms with Gasteiger partial charge in [-0.3, -0.25) is 4.79 Å². The van der Waals surface area contributed by atoms with Crippen molar-refractivity contribution in [1.29, 1.82) is 0 Å². The Kier molecular flexibility index (Phi) is 3.56. The average molecular weight is 359 g/mol. The maximum atomic E-state index is 13.2. The van der Waals surface area contributed by atoms with E-state index in [1.54, 1.807) is 29.4 Å². The number of fused-ring (bicyclic) bond motifs is 2. The van der Waals surface area contributed by atoms with Crippen LogP contribution < -0.4 is 5.32 Å². The number of carbonyl (C=O) groups excluding carboxylic acids is 1. The Bertz CT molecular complexity index is 977. The Morgan fingerprint density at radius 2 is 1.88 bits per heavy atom. The van der Waals surface area contributed by atoms with Gasteiger partial charge in [0, 0.05) is 30.2 Å². The number of nitrogens with one attached hydrogen (secondary N) is 1. The molecule has 1 amide bonds. The van der Waals surface area contributed by atoms with E-state index in [9.17, 15) is 13.2 Å². The molecule has 2 atom stereocenters. The molecule has 2 aliphatic rings. The molecule has 0 unspecified atom stereocenters. The monoisotopic (exact) mass is 359 g/mol. The number of aryl methyl sites for hydroxylation is 1. The van der Waals surface area contributed by atoms with Gasteiger partial charge in [-0.1, -0.05) is 0 Å². The van der Waals surface area contributed by atoms with Crippen LogP contribution in [-0.2, 0) is 21.4 Å². The van der Waals surface area contributed by atoms with Gasteiger partial charge < -0.3 is 9.88 Å². The largest absolute Gasteiger partial charge is 0.346 e. The lowest BCUT2D eigenvalue weighted by Gasteiger charge is -2.34. The molecule has 4 rings (SSSR count). The van der Waals surface area contributed by atoms with Crippen molar-refractivity contribution < 1.29 is 13.2 Å². The van der Waals surface area contributed by atoms with Gasteiger partial charge in [0.2, 0.25) is 15.9 Å². The van der Waals surface area contributed by atoms with E-state index in [1.807, 2.05) is 26.0 Å². The molecule has 0 saturated heterocycles. The zero-order valence-corrected chi connectivity index (χ0v) is 15.3. The summed E-state index contributed by atoms with van der Waals surface area (Å²) in [5, 5.41) is 2.78. The third-order valence-corrected chi connectivity index (χ3v) is 7.35. The molecule has 7 heteroatoms. The van der Waals surface area contributed by atoms with Crippen molar-refractivity contribution in [3.8, 4) is 0 Å². The molecular weight excluding hydrogens is 338 g/mol. The van der Waals surface area contributed by atoms with Crippen molar-refractivity contribution >= 4 is 21.6 Å². The van der Waals surface area contributed by atoms with E-state index in [1.165, 1.54) is 0 Å². The number of sulfonamides is 1. The number of carbonyl (C=O) groups is 1. The topological polar surface area (TPSA) is 71.4 Å². The molecule has 2 aliphatic heterocycles. The van der Waals surface area contributed by atoms with Crippen LogP contribution in [0.2, 0.25) is 0 Å². The summed E-state index contributed by atoms with van der Waals surface area (Å²) in [5.41, 5.74) is 3.61. The highest BCUT2D eigenvalue weighted by Gasteiger charge is 2.36. The van der Waals surface area contributed by atoms with Crippen molar-refractivity contribution in [2.45, 2.75) is 44.2 Å². The van der Waals surface area contributed by atoms with Crippen LogP contribution in [0.15, 0.2) is 35.2 Å². The first kappa shape index (κ1) is 16.4. The minimum absolute atomic E-state index is 0.0933. The van der Waals surface area contributed by atoms with Gasteiger partial charge >= 0.3 is 0 Å². The Balaban J connectivity index is 1.73. The van der Waals surface area contributed by atoms with Crippen LogP contribution in [0.1, 0.15) is 42.8 Å². The van der Waals surface area contributed by atoms with Crippen LogP contribution in [0.5, 0.6) is 0 Å². The fourth-order valence-corrected chi connectivity index (χ4v) is 5.45. The smallest absolute Gasteiger partial charge is 0.243 e. The lowest BCUT2D eigenvalue weighted by atomic mass is 10.0. The molecule has 1 aromatic carbocycles. The number of anilines is 1. The molecular formula is C18H21N3O3S. The maximum Gasteiger partial charge on any atom is 0.243 e. The average Bonchev–Trinajstić information content (AvgIpc) is 3.09. The molecule has 0 fully saturated rings. The van der Waals surface area contributed by atoms with Gasteiger partial charge in [0.15, 0.2) is 0 Å². The van der Waals surface area contributed by atoms with Crippen LogP contribution in [0.4, 0.5) is 5.69 Å². The van der Waals surface area contributed by atoms with E-state index in [2.05, 4.69) is 9.88 Å². The van der Waals surface area contributed by atoms with Crippen LogP contribution in [0.3, 0.4) is 0 Å². The maximum absolute atomic E-state index is 13.2. The normalized spacial score (nSPS) is 23.2. The predicted octanol–water partition coefficient (Wildman–Crippen LogP) is 2.62. The Labute approximate surface area is 147 Å². The van der Waals surface area contributed by atoms with E-state index in [0.29, 0.717) is 18.8 Å². The van der Waals surface area contributed by atoms with Gasteiger partial charge in [-0.2, -0.15) is 4.31 Å². The van der Waals surface area contributed by atoms with E-state index in [0.717, 1.165) is 17.0 Å². The van der Waals surface area contributed by atoms with Crippen molar-refractivity contribution in [1.82, 2.24) is 8.87 Å². The highest BCUT2D eigenvalue weighted by molar-refractivity contribution is 7.89. The van der Waals surface area contributed by atoms with Gasteiger partial charge in [0.05, 0.1) is 16.9 Å². The van der Waals surface area contributed by atoms with Crippen LogP contribution >= 0.6 is 0 Å². The summed E-state index contributed by atoms with van der Waals surface area (Å²) >= 11 is 0. The molecule has 6 nitrogen and oxygen atoms in total. The SMILES string of the molecule is Cc1ccc2n1CCN(S(=O)(=O)c1ccc3c(c1)[C@H](C)C(=O)N3)[C@@H]2C. The molecule has 3 heterocycles. The summed E-state index contributed by atoms with van der Waals surface area (Å²) in [6.45, 7) is 6.83. The van der Waals surface area contributed by atoms with Crippen LogP contribution in [0, 0.1) is 6.92 Å². The summed E-state index contributed by atoms with van der Waals surface area (Å²) < 4.78 is 30.2. The number of rotatable bonds is 2. The number of benzene rings is 1. The lowest BCUT2D eigenvalue weighted by Crippen LogP contribution is -2.41. The Morgan fingerprint density at radius 1 is 1.12 bits per heavy atom. The Morgan fingerprint density at radius 3 is 2.64 bits per heavy atom.